The molecule has 0 saturated heterocycles. The highest BCUT2D eigenvalue weighted by Gasteiger charge is 2.16. The van der Waals surface area contributed by atoms with E-state index < -0.39 is 28.1 Å². The molecule has 28 heavy (non-hydrogen) atoms. The number of non-ortho nitro benzene ring substituents is 1. The Kier molecular flexibility index (Phi) is 6.06. The zero-order chi connectivity index (χ0) is 20.8. The molecule has 0 unspecified atom stereocenters. The van der Waals surface area contributed by atoms with Gasteiger partial charge in [-0.05, 0) is 5.56 Å². The van der Waals surface area contributed by atoms with E-state index in [1.54, 1.807) is 0 Å². The Morgan fingerprint density at radius 2 is 1.89 bits per heavy atom. The van der Waals surface area contributed by atoms with Crippen molar-refractivity contribution in [3.63, 3.8) is 0 Å². The SMILES string of the molecule is C=Cc1cn(OOC(=O)Cc2ccc([N+](=O)[O-])cc2)c(=O)n(OC(C)=O)c1=O. The molecule has 0 atom stereocenters. The summed E-state index contributed by atoms with van der Waals surface area (Å²) in [6.07, 6.45) is 1.64. The Hall–Kier alpha value is -4.22. The number of hydrogen-bond acceptors (Lipinski definition) is 9. The molecule has 0 N–H and O–H groups in total. The zero-order valence-corrected chi connectivity index (χ0v) is 14.4. The summed E-state index contributed by atoms with van der Waals surface area (Å²) >= 11 is 0. The standard InChI is InChI=1S/C16H13N3O9/c1-3-12-9-17(16(23)18(15(12)22)26-10(2)20)28-27-14(21)8-11-4-6-13(7-5-11)19(24)25/h3-7,9H,1,8H2,2H3. The molecule has 1 aromatic heterocycles. The first-order valence-corrected chi connectivity index (χ1v) is 7.54. The lowest BCUT2D eigenvalue weighted by Gasteiger charge is -2.09. The average molecular weight is 391 g/mol. The smallest absolute Gasteiger partial charge is 0.329 e. The van der Waals surface area contributed by atoms with Crippen LogP contribution in [0, 0.1) is 10.1 Å². The van der Waals surface area contributed by atoms with Gasteiger partial charge in [-0.2, -0.15) is 4.99 Å². The van der Waals surface area contributed by atoms with Gasteiger partial charge in [0.05, 0.1) is 23.1 Å². The minimum Gasteiger partial charge on any atom is -0.329 e. The first-order chi connectivity index (χ1) is 13.2. The number of benzene rings is 1. The fourth-order valence-corrected chi connectivity index (χ4v) is 1.95. The summed E-state index contributed by atoms with van der Waals surface area (Å²) in [7, 11) is 0. The van der Waals surface area contributed by atoms with Gasteiger partial charge in [-0.25, -0.2) is 19.3 Å². The maximum Gasteiger partial charge on any atom is 0.401 e. The van der Waals surface area contributed by atoms with Crippen LogP contribution in [0.15, 0.2) is 46.6 Å². The molecule has 2 rings (SSSR count). The van der Waals surface area contributed by atoms with Gasteiger partial charge in [-0.3, -0.25) is 14.9 Å². The Morgan fingerprint density at radius 3 is 2.43 bits per heavy atom. The van der Waals surface area contributed by atoms with E-state index in [0.717, 1.165) is 19.2 Å². The van der Waals surface area contributed by atoms with Gasteiger partial charge in [0.2, 0.25) is 0 Å². The van der Waals surface area contributed by atoms with Crippen LogP contribution in [-0.4, -0.2) is 26.3 Å². The largest absolute Gasteiger partial charge is 0.401 e. The summed E-state index contributed by atoms with van der Waals surface area (Å²) in [4.78, 5) is 70.5. The van der Waals surface area contributed by atoms with Crippen molar-refractivity contribution in [1.82, 2.24) is 9.46 Å². The van der Waals surface area contributed by atoms with Crippen LogP contribution < -0.4 is 21.1 Å². The molecule has 0 fully saturated rings. The number of nitrogens with zero attached hydrogens (tertiary/aromatic N) is 3. The van der Waals surface area contributed by atoms with E-state index in [1.165, 1.54) is 24.3 Å². The van der Waals surface area contributed by atoms with Gasteiger partial charge in [0.15, 0.2) is 0 Å². The van der Waals surface area contributed by atoms with Crippen molar-refractivity contribution < 1.29 is 29.2 Å². The minimum absolute atomic E-state index is 0.115. The third-order valence-corrected chi connectivity index (χ3v) is 3.20. The van der Waals surface area contributed by atoms with Gasteiger partial charge < -0.3 is 4.84 Å². The molecule has 0 aliphatic rings. The van der Waals surface area contributed by atoms with Gasteiger partial charge in [-0.15, -0.1) is 0 Å². The lowest BCUT2D eigenvalue weighted by molar-refractivity contribution is -0.384. The second kappa shape index (κ2) is 8.44. The number of carbonyl (C=O) groups excluding carboxylic acids is 2. The van der Waals surface area contributed by atoms with Gasteiger partial charge >= 0.3 is 17.6 Å². The quantitative estimate of drug-likeness (QED) is 0.351. The molecule has 0 aliphatic heterocycles. The van der Waals surface area contributed by atoms with Crippen molar-refractivity contribution in [2.75, 3.05) is 0 Å². The average Bonchev–Trinajstić information content (AvgIpc) is 2.64. The molecule has 0 radical (unpaired) electrons. The number of hydrogen-bond donors (Lipinski definition) is 0. The summed E-state index contributed by atoms with van der Waals surface area (Å²) in [6, 6.07) is 5.11. The van der Waals surface area contributed by atoms with Crippen LogP contribution in [-0.2, 0) is 20.9 Å². The predicted molar refractivity (Wildman–Crippen MR) is 91.8 cm³/mol. The Labute approximate surface area is 155 Å². The van der Waals surface area contributed by atoms with E-state index in [1.807, 2.05) is 0 Å². The maximum absolute atomic E-state index is 12.1. The third-order valence-electron chi connectivity index (χ3n) is 3.20. The second-order valence-electron chi connectivity index (χ2n) is 5.21. The van der Waals surface area contributed by atoms with Crippen LogP contribution in [0.3, 0.4) is 0 Å². The zero-order valence-electron chi connectivity index (χ0n) is 14.4. The molecule has 2 aromatic rings. The summed E-state index contributed by atoms with van der Waals surface area (Å²) in [6.45, 7) is 4.35. The molecule has 0 bridgehead atoms. The van der Waals surface area contributed by atoms with Crippen LogP contribution >= 0.6 is 0 Å². The van der Waals surface area contributed by atoms with Gasteiger partial charge in [0.1, 0.15) is 0 Å². The molecule has 12 heteroatoms. The highest BCUT2D eigenvalue weighted by Crippen LogP contribution is 2.12. The number of aromatic nitrogens is 2. The van der Waals surface area contributed by atoms with Crippen molar-refractivity contribution in [2.45, 2.75) is 13.3 Å². The summed E-state index contributed by atoms with van der Waals surface area (Å²) in [5, 5.41) is 10.6. The molecule has 146 valence electrons. The predicted octanol–water partition coefficient (Wildman–Crippen LogP) is -0.334. The van der Waals surface area contributed by atoms with E-state index in [0.29, 0.717) is 10.3 Å². The van der Waals surface area contributed by atoms with Crippen molar-refractivity contribution in [3.05, 3.63) is 79.1 Å². The highest BCUT2D eigenvalue weighted by molar-refractivity contribution is 5.72. The van der Waals surface area contributed by atoms with Crippen LogP contribution in [0.4, 0.5) is 5.69 Å². The topological polar surface area (TPSA) is 149 Å². The van der Waals surface area contributed by atoms with Crippen LogP contribution in [0.25, 0.3) is 6.08 Å². The summed E-state index contributed by atoms with van der Waals surface area (Å²) < 4.78 is 0.471. The lowest BCUT2D eigenvalue weighted by atomic mass is 10.1. The van der Waals surface area contributed by atoms with Crippen LogP contribution in [0.5, 0.6) is 0 Å². The molecular formula is C16H13N3O9. The number of nitro groups is 1. The molecule has 1 heterocycles. The second-order valence-corrected chi connectivity index (χ2v) is 5.21. The van der Waals surface area contributed by atoms with Crippen molar-refractivity contribution in [2.24, 2.45) is 0 Å². The van der Waals surface area contributed by atoms with E-state index >= 15 is 0 Å². The monoisotopic (exact) mass is 391 g/mol. The fourth-order valence-electron chi connectivity index (χ4n) is 1.95. The molecule has 0 spiro atoms. The van der Waals surface area contributed by atoms with Crippen LogP contribution in [0.2, 0.25) is 0 Å². The summed E-state index contributed by atoms with van der Waals surface area (Å²) in [5.41, 5.74) is -2.14. The van der Waals surface area contributed by atoms with E-state index in [2.05, 4.69) is 21.3 Å². The first kappa shape index (κ1) is 20.1. The van der Waals surface area contributed by atoms with Crippen molar-refractivity contribution in [3.8, 4) is 0 Å². The molecule has 12 nitrogen and oxygen atoms in total. The normalized spacial score (nSPS) is 10.0. The highest BCUT2D eigenvalue weighted by atomic mass is 17.3. The fraction of sp³-hybridized carbons (Fsp3) is 0.125. The Bertz CT molecular complexity index is 1050. The molecule has 1 aromatic carbocycles. The molecule has 0 aliphatic carbocycles. The van der Waals surface area contributed by atoms with E-state index in [9.17, 15) is 29.3 Å². The Balaban J connectivity index is 2.14. The van der Waals surface area contributed by atoms with Gasteiger partial charge in [0, 0.05) is 19.1 Å². The molecule has 0 amide bonds. The molecular weight excluding hydrogens is 378 g/mol. The van der Waals surface area contributed by atoms with Crippen molar-refractivity contribution >= 4 is 23.7 Å². The van der Waals surface area contributed by atoms with Gasteiger partial charge in [0.25, 0.3) is 11.2 Å². The maximum atomic E-state index is 12.1. The number of carbonyl (C=O) groups is 2. The Morgan fingerprint density at radius 1 is 1.25 bits per heavy atom. The summed E-state index contributed by atoms with van der Waals surface area (Å²) in [5.74, 6) is -1.88. The van der Waals surface area contributed by atoms with Crippen molar-refractivity contribution in [1.29, 1.82) is 0 Å². The van der Waals surface area contributed by atoms with E-state index in [-0.39, 0.29) is 22.4 Å². The van der Waals surface area contributed by atoms with E-state index in [4.69, 9.17) is 0 Å². The molecule has 0 saturated carbocycles. The van der Waals surface area contributed by atoms with Crippen LogP contribution in [0.1, 0.15) is 18.1 Å². The number of nitro benzene ring substituents is 1. The van der Waals surface area contributed by atoms with Gasteiger partial charge in [-0.1, -0.05) is 34.2 Å². The number of rotatable bonds is 7. The first-order valence-electron chi connectivity index (χ1n) is 7.54. The third kappa shape index (κ3) is 4.69. The minimum atomic E-state index is -1.24. The lowest BCUT2D eigenvalue weighted by Crippen LogP contribution is -2.47.